The minimum absolute atomic E-state index is 0.0185. The Hall–Kier alpha value is -1.36. The maximum absolute atomic E-state index is 12.6. The van der Waals surface area contributed by atoms with Gasteiger partial charge in [-0.1, -0.05) is 6.92 Å². The fraction of sp³-hybridized carbons (Fsp3) is 0.750. The Morgan fingerprint density at radius 2 is 2.00 bits per heavy atom. The normalized spacial score (nSPS) is 17.2. The topological polar surface area (TPSA) is 50.2 Å². The SMILES string of the molecule is CCCNC1CCN(c2nccn(C(C)(C)C)c2=O)CC1. The largest absolute Gasteiger partial charge is 0.352 e. The average Bonchev–Trinajstić information content (AvgIpc) is 2.45. The summed E-state index contributed by atoms with van der Waals surface area (Å²) in [7, 11) is 0. The van der Waals surface area contributed by atoms with Gasteiger partial charge in [-0.2, -0.15) is 0 Å². The minimum atomic E-state index is -0.213. The lowest BCUT2D eigenvalue weighted by atomic mass is 10.0. The second kappa shape index (κ2) is 6.60. The maximum Gasteiger partial charge on any atom is 0.293 e. The van der Waals surface area contributed by atoms with Gasteiger partial charge >= 0.3 is 0 Å². The Bertz CT molecular complexity index is 510. The van der Waals surface area contributed by atoms with Crippen LogP contribution in [0.4, 0.5) is 5.82 Å². The number of aromatic nitrogens is 2. The van der Waals surface area contributed by atoms with Crippen molar-refractivity contribution in [2.45, 2.75) is 58.5 Å². The van der Waals surface area contributed by atoms with E-state index in [4.69, 9.17) is 0 Å². The zero-order valence-corrected chi connectivity index (χ0v) is 13.7. The van der Waals surface area contributed by atoms with Gasteiger partial charge in [0.2, 0.25) is 0 Å². The Labute approximate surface area is 127 Å². The van der Waals surface area contributed by atoms with Crippen molar-refractivity contribution >= 4 is 5.82 Å². The van der Waals surface area contributed by atoms with Crippen molar-refractivity contribution in [3.63, 3.8) is 0 Å². The summed E-state index contributed by atoms with van der Waals surface area (Å²) in [5, 5.41) is 3.56. The van der Waals surface area contributed by atoms with Crippen LogP contribution >= 0.6 is 0 Å². The van der Waals surface area contributed by atoms with Crippen LogP contribution in [0.5, 0.6) is 0 Å². The van der Waals surface area contributed by atoms with Gasteiger partial charge in [-0.05, 0) is 46.6 Å². The van der Waals surface area contributed by atoms with Crippen molar-refractivity contribution in [1.82, 2.24) is 14.9 Å². The molecule has 0 bridgehead atoms. The van der Waals surface area contributed by atoms with Crippen LogP contribution in [0.1, 0.15) is 47.0 Å². The van der Waals surface area contributed by atoms with Crippen LogP contribution in [0, 0.1) is 0 Å². The predicted molar refractivity (Wildman–Crippen MR) is 87.0 cm³/mol. The number of hydrogen-bond donors (Lipinski definition) is 1. The molecule has 5 heteroatoms. The highest BCUT2D eigenvalue weighted by atomic mass is 16.1. The van der Waals surface area contributed by atoms with E-state index in [1.807, 2.05) is 20.8 Å². The standard InChI is InChI=1S/C16H28N4O/c1-5-8-17-13-6-10-19(11-7-13)14-15(21)20(12-9-18-14)16(2,3)4/h9,12-13,17H,5-8,10-11H2,1-4H3. The summed E-state index contributed by atoms with van der Waals surface area (Å²) in [5.41, 5.74) is -0.194. The lowest BCUT2D eigenvalue weighted by molar-refractivity contribution is 0.378. The molecule has 0 aliphatic carbocycles. The van der Waals surface area contributed by atoms with Crippen molar-refractivity contribution in [1.29, 1.82) is 0 Å². The van der Waals surface area contributed by atoms with Crippen LogP contribution in [0.15, 0.2) is 17.2 Å². The summed E-state index contributed by atoms with van der Waals surface area (Å²) >= 11 is 0. The fourth-order valence-corrected chi connectivity index (χ4v) is 2.79. The van der Waals surface area contributed by atoms with Crippen LogP contribution in [-0.2, 0) is 5.54 Å². The third-order valence-corrected chi connectivity index (χ3v) is 4.02. The molecule has 0 radical (unpaired) electrons. The molecule has 21 heavy (non-hydrogen) atoms. The van der Waals surface area contributed by atoms with Crippen molar-refractivity contribution in [3.05, 3.63) is 22.7 Å². The summed E-state index contributed by atoms with van der Waals surface area (Å²) in [5.74, 6) is 0.598. The van der Waals surface area contributed by atoms with E-state index >= 15 is 0 Å². The first kappa shape index (κ1) is 16.0. The quantitative estimate of drug-likeness (QED) is 0.922. The molecule has 1 N–H and O–H groups in total. The molecule has 0 aromatic carbocycles. The maximum atomic E-state index is 12.6. The molecule has 2 rings (SSSR count). The molecule has 1 aliphatic rings. The third-order valence-electron chi connectivity index (χ3n) is 4.02. The van der Waals surface area contributed by atoms with Crippen LogP contribution in [-0.4, -0.2) is 35.2 Å². The van der Waals surface area contributed by atoms with Gasteiger partial charge in [-0.15, -0.1) is 0 Å². The average molecular weight is 292 g/mol. The second-order valence-corrected chi connectivity index (χ2v) is 6.81. The van der Waals surface area contributed by atoms with Gasteiger partial charge in [0.15, 0.2) is 5.82 Å². The van der Waals surface area contributed by atoms with Crippen molar-refractivity contribution in [2.24, 2.45) is 0 Å². The van der Waals surface area contributed by atoms with E-state index < -0.39 is 0 Å². The smallest absolute Gasteiger partial charge is 0.293 e. The van der Waals surface area contributed by atoms with Crippen molar-refractivity contribution in [2.75, 3.05) is 24.5 Å². The Morgan fingerprint density at radius 1 is 1.33 bits per heavy atom. The third kappa shape index (κ3) is 3.84. The van der Waals surface area contributed by atoms with E-state index in [1.54, 1.807) is 17.0 Å². The second-order valence-electron chi connectivity index (χ2n) is 6.81. The lowest BCUT2D eigenvalue weighted by Gasteiger charge is -2.33. The fourth-order valence-electron chi connectivity index (χ4n) is 2.79. The molecule has 5 nitrogen and oxygen atoms in total. The number of rotatable bonds is 4. The molecule has 2 heterocycles. The molecular formula is C16H28N4O. The molecule has 118 valence electrons. The number of hydrogen-bond acceptors (Lipinski definition) is 4. The summed E-state index contributed by atoms with van der Waals surface area (Å²) < 4.78 is 1.77. The predicted octanol–water partition coefficient (Wildman–Crippen LogP) is 1.97. The van der Waals surface area contributed by atoms with E-state index in [-0.39, 0.29) is 11.1 Å². The Balaban J connectivity index is 2.09. The summed E-state index contributed by atoms with van der Waals surface area (Å²) in [6, 6.07) is 0.578. The molecule has 1 aromatic rings. The number of piperidine rings is 1. The van der Waals surface area contributed by atoms with Crippen molar-refractivity contribution in [3.8, 4) is 0 Å². The molecule has 0 saturated carbocycles. The minimum Gasteiger partial charge on any atom is -0.352 e. The zero-order chi connectivity index (χ0) is 15.5. The molecule has 0 atom stereocenters. The van der Waals surface area contributed by atoms with E-state index in [0.717, 1.165) is 38.9 Å². The molecule has 1 saturated heterocycles. The van der Waals surface area contributed by atoms with Crippen LogP contribution in [0.2, 0.25) is 0 Å². The highest BCUT2D eigenvalue weighted by Crippen LogP contribution is 2.17. The first-order valence-corrected chi connectivity index (χ1v) is 8.00. The first-order valence-electron chi connectivity index (χ1n) is 8.00. The lowest BCUT2D eigenvalue weighted by Crippen LogP contribution is -2.46. The van der Waals surface area contributed by atoms with Gasteiger partial charge in [0.25, 0.3) is 5.56 Å². The van der Waals surface area contributed by atoms with Crippen LogP contribution in [0.3, 0.4) is 0 Å². The molecular weight excluding hydrogens is 264 g/mol. The highest BCUT2D eigenvalue weighted by molar-refractivity contribution is 5.36. The summed E-state index contributed by atoms with van der Waals surface area (Å²) in [6.07, 6.45) is 6.83. The molecule has 1 fully saturated rings. The summed E-state index contributed by atoms with van der Waals surface area (Å²) in [4.78, 5) is 19.1. The number of anilines is 1. The monoisotopic (exact) mass is 292 g/mol. The van der Waals surface area contributed by atoms with Gasteiger partial charge in [-0.25, -0.2) is 4.98 Å². The molecule has 1 aliphatic heterocycles. The van der Waals surface area contributed by atoms with E-state index in [9.17, 15) is 4.79 Å². The summed E-state index contributed by atoms with van der Waals surface area (Å²) in [6.45, 7) is 11.2. The van der Waals surface area contributed by atoms with Gasteiger partial charge in [0.1, 0.15) is 0 Å². The molecule has 1 aromatic heterocycles. The Morgan fingerprint density at radius 3 is 2.57 bits per heavy atom. The first-order chi connectivity index (χ1) is 9.93. The van der Waals surface area contributed by atoms with Crippen LogP contribution in [0.25, 0.3) is 0 Å². The van der Waals surface area contributed by atoms with Crippen molar-refractivity contribution < 1.29 is 0 Å². The van der Waals surface area contributed by atoms with E-state index in [0.29, 0.717) is 11.9 Å². The van der Waals surface area contributed by atoms with Crippen LogP contribution < -0.4 is 15.8 Å². The Kier molecular flexibility index (Phi) is 5.04. The van der Waals surface area contributed by atoms with Gasteiger partial charge in [0, 0.05) is 37.1 Å². The molecule has 0 amide bonds. The molecule has 0 unspecified atom stereocenters. The van der Waals surface area contributed by atoms with E-state index in [2.05, 4.69) is 22.1 Å². The van der Waals surface area contributed by atoms with E-state index in [1.165, 1.54) is 0 Å². The van der Waals surface area contributed by atoms with Gasteiger partial charge in [-0.3, -0.25) is 4.79 Å². The highest BCUT2D eigenvalue weighted by Gasteiger charge is 2.24. The zero-order valence-electron chi connectivity index (χ0n) is 13.7. The number of nitrogens with zero attached hydrogens (tertiary/aromatic N) is 3. The van der Waals surface area contributed by atoms with Gasteiger partial charge < -0.3 is 14.8 Å². The molecule has 0 spiro atoms. The van der Waals surface area contributed by atoms with Gasteiger partial charge in [0.05, 0.1) is 0 Å². The number of nitrogens with one attached hydrogen (secondary N) is 1.